The van der Waals surface area contributed by atoms with E-state index in [1.807, 2.05) is 0 Å². The van der Waals surface area contributed by atoms with E-state index in [1.165, 1.54) is 0 Å². The molecule has 5 nitrogen and oxygen atoms in total. The van der Waals surface area contributed by atoms with Crippen LogP contribution >= 0.6 is 0 Å². The Bertz CT molecular complexity index is 418. The summed E-state index contributed by atoms with van der Waals surface area (Å²) in [5.41, 5.74) is 0. The van der Waals surface area contributed by atoms with Gasteiger partial charge in [-0.15, -0.1) is 0 Å². The number of nitrogens with one attached hydrogen (secondary N) is 1. The number of unbranched alkanes of at least 4 members (excludes halogenated alkanes) is 1. The lowest BCUT2D eigenvalue weighted by molar-refractivity contribution is -0.138. The fourth-order valence-corrected chi connectivity index (χ4v) is 1.84. The van der Waals surface area contributed by atoms with E-state index in [0.29, 0.717) is 18.2 Å². The van der Waals surface area contributed by atoms with Crippen LogP contribution in [0.15, 0.2) is 12.3 Å². The summed E-state index contributed by atoms with van der Waals surface area (Å²) in [5.74, 6) is 1.11. The lowest BCUT2D eigenvalue weighted by Gasteiger charge is -2.14. The summed E-state index contributed by atoms with van der Waals surface area (Å²) in [6.07, 6.45) is 6.48. The highest BCUT2D eigenvalue weighted by molar-refractivity contribution is 5.76. The van der Waals surface area contributed by atoms with E-state index in [2.05, 4.69) is 22.2 Å². The van der Waals surface area contributed by atoms with Crippen LogP contribution < -0.4 is 5.32 Å². The van der Waals surface area contributed by atoms with E-state index in [0.717, 1.165) is 31.5 Å². The minimum absolute atomic E-state index is 0.477. The maximum absolute atomic E-state index is 11.1. The molecule has 1 atom stereocenters. The third-order valence-corrected chi connectivity index (χ3v) is 3.08. The topological polar surface area (TPSA) is 75.1 Å². The first-order chi connectivity index (χ1) is 8.70. The highest BCUT2D eigenvalue weighted by Gasteiger charge is 2.27. The Labute approximate surface area is 107 Å². The average molecular weight is 249 g/mol. The number of aromatic nitrogens is 2. The number of rotatable bonds is 7. The molecule has 1 fully saturated rings. The normalized spacial score (nSPS) is 16.3. The first-order valence-electron chi connectivity index (χ1n) is 6.53. The van der Waals surface area contributed by atoms with Crippen LogP contribution in [-0.4, -0.2) is 27.1 Å². The van der Waals surface area contributed by atoms with Crippen LogP contribution in [0.5, 0.6) is 0 Å². The van der Waals surface area contributed by atoms with Gasteiger partial charge in [-0.3, -0.25) is 0 Å². The van der Waals surface area contributed by atoms with Gasteiger partial charge in [-0.1, -0.05) is 19.8 Å². The Morgan fingerprint density at radius 1 is 1.61 bits per heavy atom. The summed E-state index contributed by atoms with van der Waals surface area (Å²) in [4.78, 5) is 19.7. The van der Waals surface area contributed by atoms with Gasteiger partial charge < -0.3 is 10.4 Å². The summed E-state index contributed by atoms with van der Waals surface area (Å²) < 4.78 is 0. The second kappa shape index (κ2) is 5.80. The van der Waals surface area contributed by atoms with Crippen molar-refractivity contribution in [1.82, 2.24) is 9.97 Å². The maximum atomic E-state index is 11.1. The van der Waals surface area contributed by atoms with E-state index in [4.69, 9.17) is 5.11 Å². The molecule has 5 heteroatoms. The SMILES string of the molecule is CCCCC(Nc1ccnc(C2CC2)n1)C(=O)O. The van der Waals surface area contributed by atoms with Gasteiger partial charge in [0.2, 0.25) is 0 Å². The van der Waals surface area contributed by atoms with Gasteiger partial charge in [0.05, 0.1) is 0 Å². The molecule has 1 saturated carbocycles. The minimum Gasteiger partial charge on any atom is -0.480 e. The van der Waals surface area contributed by atoms with Crippen molar-refractivity contribution >= 4 is 11.8 Å². The second-order valence-electron chi connectivity index (χ2n) is 4.75. The predicted molar refractivity (Wildman–Crippen MR) is 68.6 cm³/mol. The third kappa shape index (κ3) is 3.42. The molecular weight excluding hydrogens is 230 g/mol. The summed E-state index contributed by atoms with van der Waals surface area (Å²) in [6.45, 7) is 2.05. The summed E-state index contributed by atoms with van der Waals surface area (Å²) in [7, 11) is 0. The van der Waals surface area contributed by atoms with E-state index >= 15 is 0 Å². The van der Waals surface area contributed by atoms with E-state index in [9.17, 15) is 4.79 Å². The van der Waals surface area contributed by atoms with Crippen molar-refractivity contribution in [3.8, 4) is 0 Å². The summed E-state index contributed by atoms with van der Waals surface area (Å²) in [6, 6.07) is 1.17. The zero-order valence-corrected chi connectivity index (χ0v) is 10.6. The molecule has 0 bridgehead atoms. The monoisotopic (exact) mass is 249 g/mol. The second-order valence-corrected chi connectivity index (χ2v) is 4.75. The molecule has 18 heavy (non-hydrogen) atoms. The molecule has 2 rings (SSSR count). The number of hydrogen-bond acceptors (Lipinski definition) is 4. The van der Waals surface area contributed by atoms with Crippen molar-refractivity contribution in [2.75, 3.05) is 5.32 Å². The van der Waals surface area contributed by atoms with Gasteiger partial charge in [0.25, 0.3) is 0 Å². The first-order valence-corrected chi connectivity index (χ1v) is 6.53. The summed E-state index contributed by atoms with van der Waals surface area (Å²) in [5, 5.41) is 12.1. The van der Waals surface area contributed by atoms with Crippen LogP contribution in [0.2, 0.25) is 0 Å². The molecular formula is C13H19N3O2. The lowest BCUT2D eigenvalue weighted by Crippen LogP contribution is -2.29. The predicted octanol–water partition coefficient (Wildman–Crippen LogP) is 2.41. The minimum atomic E-state index is -0.824. The van der Waals surface area contributed by atoms with Crippen LogP contribution in [0.1, 0.15) is 50.8 Å². The number of carboxylic acid groups (broad SMARTS) is 1. The van der Waals surface area contributed by atoms with Gasteiger partial charge in [0, 0.05) is 12.1 Å². The third-order valence-electron chi connectivity index (χ3n) is 3.08. The Balaban J connectivity index is 2.00. The Kier molecular flexibility index (Phi) is 4.12. The highest BCUT2D eigenvalue weighted by atomic mass is 16.4. The van der Waals surface area contributed by atoms with Gasteiger partial charge in [-0.05, 0) is 25.3 Å². The quantitative estimate of drug-likeness (QED) is 0.776. The molecule has 2 N–H and O–H groups in total. The van der Waals surface area contributed by atoms with Gasteiger partial charge in [-0.25, -0.2) is 14.8 Å². The van der Waals surface area contributed by atoms with Gasteiger partial charge >= 0.3 is 5.97 Å². The molecule has 1 aliphatic rings. The molecule has 0 radical (unpaired) electrons. The zero-order valence-electron chi connectivity index (χ0n) is 10.6. The van der Waals surface area contributed by atoms with Crippen molar-refractivity contribution < 1.29 is 9.90 Å². The zero-order chi connectivity index (χ0) is 13.0. The van der Waals surface area contributed by atoms with Crippen LogP contribution in [-0.2, 0) is 4.79 Å². The number of anilines is 1. The van der Waals surface area contributed by atoms with Crippen molar-refractivity contribution in [3.63, 3.8) is 0 Å². The number of carboxylic acids is 1. The number of aliphatic carboxylic acids is 1. The van der Waals surface area contributed by atoms with Crippen molar-refractivity contribution in [1.29, 1.82) is 0 Å². The molecule has 1 aromatic heterocycles. The molecule has 0 amide bonds. The summed E-state index contributed by atoms with van der Waals surface area (Å²) >= 11 is 0. The highest BCUT2D eigenvalue weighted by Crippen LogP contribution is 2.38. The molecule has 1 heterocycles. The smallest absolute Gasteiger partial charge is 0.326 e. The maximum Gasteiger partial charge on any atom is 0.326 e. The van der Waals surface area contributed by atoms with Crippen LogP contribution in [0, 0.1) is 0 Å². The van der Waals surface area contributed by atoms with Crippen LogP contribution in [0.3, 0.4) is 0 Å². The molecule has 98 valence electrons. The largest absolute Gasteiger partial charge is 0.480 e. The van der Waals surface area contributed by atoms with Crippen molar-refractivity contribution in [2.24, 2.45) is 0 Å². The fraction of sp³-hybridized carbons (Fsp3) is 0.615. The van der Waals surface area contributed by atoms with Gasteiger partial charge in [-0.2, -0.15) is 0 Å². The molecule has 1 aromatic rings. The molecule has 0 spiro atoms. The molecule has 1 unspecified atom stereocenters. The van der Waals surface area contributed by atoms with Gasteiger partial charge in [0.1, 0.15) is 17.7 Å². The molecule has 0 aromatic carbocycles. The van der Waals surface area contributed by atoms with Gasteiger partial charge in [0.15, 0.2) is 0 Å². The Morgan fingerprint density at radius 2 is 2.39 bits per heavy atom. The molecule has 1 aliphatic carbocycles. The van der Waals surface area contributed by atoms with E-state index in [-0.39, 0.29) is 0 Å². The molecule has 0 aliphatic heterocycles. The van der Waals surface area contributed by atoms with Crippen LogP contribution in [0.4, 0.5) is 5.82 Å². The average Bonchev–Trinajstić information content (AvgIpc) is 3.18. The van der Waals surface area contributed by atoms with E-state index in [1.54, 1.807) is 12.3 Å². The van der Waals surface area contributed by atoms with Crippen LogP contribution in [0.25, 0.3) is 0 Å². The standard InChI is InChI=1S/C13H19N3O2/c1-2-3-4-10(13(17)18)15-11-7-8-14-12(16-11)9-5-6-9/h7-10H,2-6H2,1H3,(H,17,18)(H,14,15,16). The molecule has 0 saturated heterocycles. The van der Waals surface area contributed by atoms with E-state index < -0.39 is 12.0 Å². The Hall–Kier alpha value is -1.65. The number of nitrogens with zero attached hydrogens (tertiary/aromatic N) is 2. The van der Waals surface area contributed by atoms with Crippen molar-refractivity contribution in [3.05, 3.63) is 18.1 Å². The number of carbonyl (C=O) groups is 1. The first kappa shape index (κ1) is 12.8. The Morgan fingerprint density at radius 3 is 3.00 bits per heavy atom. The lowest BCUT2D eigenvalue weighted by atomic mass is 10.1. The fourth-order valence-electron chi connectivity index (χ4n) is 1.84. The number of hydrogen-bond donors (Lipinski definition) is 2. The van der Waals surface area contributed by atoms with Crippen molar-refractivity contribution in [2.45, 2.75) is 51.0 Å².